The van der Waals surface area contributed by atoms with Crippen LogP contribution in [0.3, 0.4) is 0 Å². The number of likely N-dealkylation sites (N-methyl/N-ethyl adjacent to an activating group) is 1. The molecular formula is C36H51N5O2. The van der Waals surface area contributed by atoms with E-state index in [1.54, 1.807) is 0 Å². The van der Waals surface area contributed by atoms with E-state index >= 15 is 0 Å². The van der Waals surface area contributed by atoms with Crippen LogP contribution in [-0.2, 0) is 4.79 Å². The van der Waals surface area contributed by atoms with Crippen LogP contribution >= 0.6 is 0 Å². The van der Waals surface area contributed by atoms with E-state index in [0.29, 0.717) is 12.5 Å². The fraction of sp³-hybridized carbons (Fsp3) is 0.556. The third kappa shape index (κ3) is 6.93. The van der Waals surface area contributed by atoms with Gasteiger partial charge >= 0.3 is 0 Å². The van der Waals surface area contributed by atoms with Crippen molar-refractivity contribution in [1.82, 2.24) is 20.0 Å². The predicted octanol–water partition coefficient (Wildman–Crippen LogP) is 6.02. The van der Waals surface area contributed by atoms with Gasteiger partial charge in [-0.3, -0.25) is 4.79 Å². The van der Waals surface area contributed by atoms with Crippen molar-refractivity contribution < 1.29 is 9.53 Å². The van der Waals surface area contributed by atoms with E-state index in [9.17, 15) is 4.79 Å². The molecule has 1 N–H and O–H groups in total. The Balaban J connectivity index is 1.34. The summed E-state index contributed by atoms with van der Waals surface area (Å²) < 4.78 is 6.04. The Morgan fingerprint density at radius 3 is 2.70 bits per heavy atom. The maximum Gasteiger partial charge on any atom is 0.243 e. The number of piperidine rings is 1. The first kappa shape index (κ1) is 31.1. The van der Waals surface area contributed by atoms with Crippen LogP contribution in [0, 0.1) is 5.92 Å². The largest absolute Gasteiger partial charge is 0.491 e. The zero-order chi connectivity index (χ0) is 30.7. The molecular weight excluding hydrogens is 534 g/mol. The van der Waals surface area contributed by atoms with Crippen molar-refractivity contribution in [2.45, 2.75) is 78.4 Å². The molecule has 1 aromatic carbocycles. The third-order valence-corrected chi connectivity index (χ3v) is 9.40. The summed E-state index contributed by atoms with van der Waals surface area (Å²) in [4.78, 5) is 26.0. The van der Waals surface area contributed by atoms with E-state index in [0.717, 1.165) is 87.7 Å². The minimum Gasteiger partial charge on any atom is -0.491 e. The van der Waals surface area contributed by atoms with Gasteiger partial charge in [0.2, 0.25) is 5.91 Å². The molecule has 1 atom stereocenters. The highest BCUT2D eigenvalue weighted by molar-refractivity contribution is 5.90. The molecule has 5 rings (SSSR count). The average Bonchev–Trinajstić information content (AvgIpc) is 2.97. The molecule has 1 unspecified atom stereocenters. The van der Waals surface area contributed by atoms with Crippen molar-refractivity contribution in [3.05, 3.63) is 71.1 Å². The third-order valence-electron chi connectivity index (χ3n) is 9.40. The second kappa shape index (κ2) is 13.1. The second-order valence-electron chi connectivity index (χ2n) is 13.2. The fourth-order valence-corrected chi connectivity index (χ4v) is 7.07. The van der Waals surface area contributed by atoms with Gasteiger partial charge in [0.1, 0.15) is 17.1 Å². The van der Waals surface area contributed by atoms with Gasteiger partial charge < -0.3 is 24.8 Å². The summed E-state index contributed by atoms with van der Waals surface area (Å²) in [5.74, 6) is 2.62. The lowest BCUT2D eigenvalue weighted by Gasteiger charge is -2.48. The summed E-state index contributed by atoms with van der Waals surface area (Å²) in [5.41, 5.74) is 6.67. The number of amides is 1. The molecule has 0 bridgehead atoms. The Morgan fingerprint density at radius 2 is 1.98 bits per heavy atom. The van der Waals surface area contributed by atoms with Gasteiger partial charge in [0.15, 0.2) is 0 Å². The molecule has 0 aliphatic carbocycles. The molecule has 1 spiro atoms. The number of carbonyl (C=O) groups excluding carboxylic acids is 1. The molecule has 4 heterocycles. The molecule has 1 amide bonds. The first-order valence-electron chi connectivity index (χ1n) is 16.2. The van der Waals surface area contributed by atoms with Crippen LogP contribution in [0.1, 0.15) is 72.3 Å². The number of hydrogen-bond donors (Lipinski definition) is 1. The van der Waals surface area contributed by atoms with Gasteiger partial charge in [0, 0.05) is 64.0 Å². The number of hydrogen-bond acceptors (Lipinski definition) is 6. The topological polar surface area (TPSA) is 60.4 Å². The maximum absolute atomic E-state index is 14.3. The van der Waals surface area contributed by atoms with Crippen LogP contribution in [0.4, 0.5) is 0 Å². The highest BCUT2D eigenvalue weighted by atomic mass is 16.5. The van der Waals surface area contributed by atoms with E-state index in [1.807, 2.05) is 6.07 Å². The van der Waals surface area contributed by atoms with Gasteiger partial charge in [-0.05, 0) is 87.8 Å². The molecule has 7 nitrogen and oxygen atoms in total. The van der Waals surface area contributed by atoms with E-state index in [1.165, 1.54) is 22.3 Å². The number of nitrogens with one attached hydrogen (secondary N) is 1. The van der Waals surface area contributed by atoms with Crippen LogP contribution < -0.4 is 10.1 Å². The summed E-state index contributed by atoms with van der Waals surface area (Å²) >= 11 is 0. The zero-order valence-corrected chi connectivity index (χ0v) is 27.2. The summed E-state index contributed by atoms with van der Waals surface area (Å²) in [6.45, 7) is 19.7. The highest BCUT2D eigenvalue weighted by Gasteiger charge is 2.46. The van der Waals surface area contributed by atoms with Crippen LogP contribution in [0.5, 0.6) is 5.75 Å². The molecule has 0 radical (unpaired) electrons. The van der Waals surface area contributed by atoms with E-state index in [-0.39, 0.29) is 12.0 Å². The molecule has 0 aromatic heterocycles. The predicted molar refractivity (Wildman–Crippen MR) is 177 cm³/mol. The number of aliphatic imine (C=N–C) groups is 1. The number of carbonyl (C=O) groups is 1. The standard InChI is InChI=1S/C36H51N5O2/c1-8-29-22-39(7)23-32(30-10-9-11-31(21-30)43-25(2)3)33(29)24-41-19-16-37-36(35(41)42)14-17-40(18-15-36)34-27(5)13-12-26(4)20-28(6)38-34/h9-11,20-21,23,25,27,37H,6,8,12-19,22,24H2,1-5,7H3/b26-20-,38-34?. The number of rotatable bonds is 6. The van der Waals surface area contributed by atoms with Crippen molar-refractivity contribution in [1.29, 1.82) is 0 Å². The molecule has 43 heavy (non-hydrogen) atoms. The summed E-state index contributed by atoms with van der Waals surface area (Å²) in [7, 11) is 2.13. The number of nitrogens with zero attached hydrogens (tertiary/aromatic N) is 4. The van der Waals surface area contributed by atoms with Crippen LogP contribution in [0.2, 0.25) is 0 Å². The Labute approximate surface area is 259 Å². The minimum absolute atomic E-state index is 0.114. The Bertz CT molecular complexity index is 1340. The molecule has 2 fully saturated rings. The van der Waals surface area contributed by atoms with Crippen molar-refractivity contribution in [3.63, 3.8) is 0 Å². The maximum atomic E-state index is 14.3. The number of allylic oxidation sites excluding steroid dienone is 2. The van der Waals surface area contributed by atoms with Crippen molar-refractivity contribution in [3.8, 4) is 5.75 Å². The Kier molecular flexibility index (Phi) is 9.50. The van der Waals surface area contributed by atoms with Crippen molar-refractivity contribution >= 4 is 17.3 Å². The van der Waals surface area contributed by atoms with E-state index in [4.69, 9.17) is 9.73 Å². The number of benzene rings is 1. The SMILES string of the molecule is C=C1/C=C(/C)CCC(C)C(N2CCC3(CC2)NCCN(CC2=C(CC)CN(C)C=C2c2cccc(OC(C)C)c2)C3=O)=N1. The van der Waals surface area contributed by atoms with Gasteiger partial charge in [-0.2, -0.15) is 0 Å². The fourth-order valence-electron chi connectivity index (χ4n) is 7.07. The van der Waals surface area contributed by atoms with Gasteiger partial charge in [-0.25, -0.2) is 4.99 Å². The summed E-state index contributed by atoms with van der Waals surface area (Å²) in [5, 5.41) is 3.68. The lowest BCUT2D eigenvalue weighted by molar-refractivity contribution is -0.142. The minimum atomic E-state index is -0.513. The van der Waals surface area contributed by atoms with Gasteiger partial charge in [-0.15, -0.1) is 0 Å². The van der Waals surface area contributed by atoms with Gasteiger partial charge in [0.05, 0.1) is 11.8 Å². The number of amidine groups is 1. The molecule has 2 saturated heterocycles. The molecule has 4 aliphatic heterocycles. The Morgan fingerprint density at radius 1 is 1.21 bits per heavy atom. The van der Waals surface area contributed by atoms with Crippen molar-refractivity contribution in [2.75, 3.05) is 46.3 Å². The lowest BCUT2D eigenvalue weighted by Crippen LogP contribution is -2.68. The zero-order valence-electron chi connectivity index (χ0n) is 27.2. The molecule has 4 aliphatic rings. The summed E-state index contributed by atoms with van der Waals surface area (Å²) in [6.07, 6.45) is 9.16. The molecule has 0 saturated carbocycles. The summed E-state index contributed by atoms with van der Waals surface area (Å²) in [6, 6.07) is 8.39. The quantitative estimate of drug-likeness (QED) is 0.442. The second-order valence-corrected chi connectivity index (χ2v) is 13.2. The Hall–Kier alpha value is -3.32. The first-order chi connectivity index (χ1) is 20.6. The van der Waals surface area contributed by atoms with E-state index in [2.05, 4.69) is 98.7 Å². The van der Waals surface area contributed by atoms with Crippen LogP contribution in [0.15, 0.2) is 70.5 Å². The van der Waals surface area contributed by atoms with Gasteiger partial charge in [0.25, 0.3) is 0 Å². The number of ether oxygens (including phenoxy) is 1. The average molecular weight is 586 g/mol. The normalized spacial score (nSPS) is 24.5. The highest BCUT2D eigenvalue weighted by Crippen LogP contribution is 2.36. The number of likely N-dealkylation sites (tertiary alicyclic amines) is 1. The van der Waals surface area contributed by atoms with E-state index < -0.39 is 5.54 Å². The van der Waals surface area contributed by atoms with Gasteiger partial charge in [-0.1, -0.05) is 38.1 Å². The lowest BCUT2D eigenvalue weighted by atomic mass is 9.83. The number of piperazine rings is 1. The molecule has 232 valence electrons. The van der Waals surface area contributed by atoms with Crippen molar-refractivity contribution in [2.24, 2.45) is 10.9 Å². The molecule has 7 heteroatoms. The van der Waals surface area contributed by atoms with Crippen LogP contribution in [0.25, 0.3) is 5.57 Å². The smallest absolute Gasteiger partial charge is 0.243 e. The monoisotopic (exact) mass is 585 g/mol. The first-order valence-corrected chi connectivity index (χ1v) is 16.2. The van der Waals surface area contributed by atoms with Crippen LogP contribution in [-0.4, -0.2) is 84.4 Å². The molecule has 1 aromatic rings.